The molecule has 0 saturated carbocycles. The van der Waals surface area contributed by atoms with Crippen molar-refractivity contribution < 1.29 is 9.53 Å². The number of H-pyrrole nitrogens is 1. The van der Waals surface area contributed by atoms with Gasteiger partial charge < -0.3 is 9.72 Å². The molecule has 0 atom stereocenters. The Hall–Kier alpha value is -1.77. The van der Waals surface area contributed by atoms with Crippen molar-refractivity contribution in [1.29, 1.82) is 0 Å². The normalized spacial score (nSPS) is 10.2. The molecule has 2 aromatic rings. The summed E-state index contributed by atoms with van der Waals surface area (Å²) in [7, 11) is 1.61. The van der Waals surface area contributed by atoms with Crippen LogP contribution in [0.15, 0.2) is 24.4 Å². The minimum Gasteiger partial charge on any atom is -0.496 e. The van der Waals surface area contributed by atoms with E-state index in [0.717, 1.165) is 22.9 Å². The highest BCUT2D eigenvalue weighted by Gasteiger charge is 2.05. The molecule has 1 N–H and O–H groups in total. The molecule has 0 fully saturated rings. The van der Waals surface area contributed by atoms with Gasteiger partial charge in [-0.15, -0.1) is 0 Å². The van der Waals surface area contributed by atoms with Gasteiger partial charge in [0.05, 0.1) is 12.6 Å². The number of carbonyl (C=O) groups is 1. The average molecular weight is 175 g/mol. The quantitative estimate of drug-likeness (QED) is 0.709. The summed E-state index contributed by atoms with van der Waals surface area (Å²) in [6.07, 6.45) is 2.62. The largest absolute Gasteiger partial charge is 0.496 e. The fourth-order valence-corrected chi connectivity index (χ4v) is 1.43. The van der Waals surface area contributed by atoms with Crippen molar-refractivity contribution in [2.75, 3.05) is 7.11 Å². The van der Waals surface area contributed by atoms with Gasteiger partial charge in [-0.2, -0.15) is 0 Å². The summed E-state index contributed by atoms with van der Waals surface area (Å²) in [5.74, 6) is 0.779. The zero-order chi connectivity index (χ0) is 9.26. The summed E-state index contributed by atoms with van der Waals surface area (Å²) in [5, 5.41) is 0.937. The van der Waals surface area contributed by atoms with Gasteiger partial charge in [0, 0.05) is 17.1 Å². The number of rotatable bonds is 2. The van der Waals surface area contributed by atoms with Gasteiger partial charge in [0.15, 0.2) is 6.29 Å². The molecule has 0 amide bonds. The number of aromatic amines is 1. The van der Waals surface area contributed by atoms with E-state index in [1.165, 1.54) is 0 Å². The number of hydrogen-bond donors (Lipinski definition) is 1. The number of nitrogens with one attached hydrogen (secondary N) is 1. The Labute approximate surface area is 75.3 Å². The molecule has 1 aromatic heterocycles. The second kappa shape index (κ2) is 2.94. The van der Waals surface area contributed by atoms with Gasteiger partial charge in [-0.05, 0) is 18.2 Å². The Morgan fingerprint density at radius 1 is 1.38 bits per heavy atom. The van der Waals surface area contributed by atoms with Crippen molar-refractivity contribution in [1.82, 2.24) is 4.98 Å². The Kier molecular flexibility index (Phi) is 1.77. The van der Waals surface area contributed by atoms with E-state index in [1.807, 2.05) is 6.07 Å². The monoisotopic (exact) mass is 175 g/mol. The van der Waals surface area contributed by atoms with Crippen LogP contribution < -0.4 is 4.74 Å². The first-order valence-electron chi connectivity index (χ1n) is 3.96. The molecule has 0 aliphatic heterocycles. The van der Waals surface area contributed by atoms with E-state index in [1.54, 1.807) is 25.4 Å². The molecule has 0 spiro atoms. The first kappa shape index (κ1) is 7.86. The highest BCUT2D eigenvalue weighted by molar-refractivity contribution is 5.98. The number of carbonyl (C=O) groups excluding carboxylic acids is 1. The Morgan fingerprint density at radius 3 is 2.92 bits per heavy atom. The maximum atomic E-state index is 10.7. The van der Waals surface area contributed by atoms with Crippen molar-refractivity contribution in [2.24, 2.45) is 0 Å². The summed E-state index contributed by atoms with van der Waals surface area (Å²) in [6.45, 7) is 0. The number of fused-ring (bicyclic) bond motifs is 1. The van der Waals surface area contributed by atoms with Gasteiger partial charge in [-0.25, -0.2) is 0 Å². The number of hydrogen-bond acceptors (Lipinski definition) is 2. The number of aldehydes is 1. The van der Waals surface area contributed by atoms with Crippen LogP contribution >= 0.6 is 0 Å². The Bertz CT molecular complexity index is 445. The highest BCUT2D eigenvalue weighted by Crippen LogP contribution is 2.26. The molecule has 1 heterocycles. The summed E-state index contributed by atoms with van der Waals surface area (Å²) in [5.41, 5.74) is 1.48. The minimum absolute atomic E-state index is 0.654. The van der Waals surface area contributed by atoms with Gasteiger partial charge in [0.2, 0.25) is 0 Å². The van der Waals surface area contributed by atoms with Crippen molar-refractivity contribution in [2.45, 2.75) is 0 Å². The third kappa shape index (κ3) is 1.09. The fourth-order valence-electron chi connectivity index (χ4n) is 1.43. The zero-order valence-corrected chi connectivity index (χ0v) is 7.20. The fraction of sp³-hybridized carbons (Fsp3) is 0.100. The van der Waals surface area contributed by atoms with Crippen molar-refractivity contribution in [3.8, 4) is 5.75 Å². The third-order valence-corrected chi connectivity index (χ3v) is 2.06. The molecule has 13 heavy (non-hydrogen) atoms. The molecule has 3 heteroatoms. The van der Waals surface area contributed by atoms with Crippen LogP contribution in [-0.4, -0.2) is 18.4 Å². The molecule has 0 aliphatic carbocycles. The summed E-state index contributed by atoms with van der Waals surface area (Å²) < 4.78 is 5.15. The molecule has 0 aliphatic rings. The molecular weight excluding hydrogens is 166 g/mol. The lowest BCUT2D eigenvalue weighted by Crippen LogP contribution is -1.87. The van der Waals surface area contributed by atoms with E-state index in [0.29, 0.717) is 5.56 Å². The Morgan fingerprint density at radius 2 is 2.23 bits per heavy atom. The van der Waals surface area contributed by atoms with Crippen molar-refractivity contribution >= 4 is 17.2 Å². The molecule has 3 nitrogen and oxygen atoms in total. The lowest BCUT2D eigenvalue weighted by Gasteiger charge is -2.02. The number of aromatic nitrogens is 1. The van der Waals surface area contributed by atoms with Crippen LogP contribution in [0.5, 0.6) is 5.75 Å². The van der Waals surface area contributed by atoms with Gasteiger partial charge >= 0.3 is 0 Å². The van der Waals surface area contributed by atoms with Gasteiger partial charge in [-0.1, -0.05) is 0 Å². The van der Waals surface area contributed by atoms with Gasteiger partial charge in [0.25, 0.3) is 0 Å². The molecule has 2 rings (SSSR count). The molecule has 66 valence electrons. The summed E-state index contributed by atoms with van der Waals surface area (Å²) in [4.78, 5) is 13.7. The SMILES string of the molecule is COc1ccc(C=O)c2[nH]ccc12. The van der Waals surface area contributed by atoms with E-state index >= 15 is 0 Å². The van der Waals surface area contributed by atoms with E-state index in [2.05, 4.69) is 4.98 Å². The standard InChI is InChI=1S/C10H9NO2/c1-13-9-3-2-7(6-12)10-8(9)4-5-11-10/h2-6,11H,1H3. The minimum atomic E-state index is 0.654. The van der Waals surface area contributed by atoms with E-state index < -0.39 is 0 Å². The lowest BCUT2D eigenvalue weighted by molar-refractivity contribution is 0.112. The average Bonchev–Trinajstić information content (AvgIpc) is 2.64. The predicted molar refractivity (Wildman–Crippen MR) is 50.2 cm³/mol. The predicted octanol–water partition coefficient (Wildman–Crippen LogP) is 1.99. The maximum absolute atomic E-state index is 10.7. The molecule has 1 aromatic carbocycles. The summed E-state index contributed by atoms with van der Waals surface area (Å²) in [6, 6.07) is 5.42. The first-order chi connectivity index (χ1) is 6.36. The third-order valence-electron chi connectivity index (χ3n) is 2.06. The maximum Gasteiger partial charge on any atom is 0.152 e. The smallest absolute Gasteiger partial charge is 0.152 e. The van der Waals surface area contributed by atoms with Crippen LogP contribution in [0.2, 0.25) is 0 Å². The van der Waals surface area contributed by atoms with Crippen molar-refractivity contribution in [3.63, 3.8) is 0 Å². The lowest BCUT2D eigenvalue weighted by atomic mass is 10.1. The molecule has 0 bridgehead atoms. The van der Waals surface area contributed by atoms with Crippen LogP contribution in [-0.2, 0) is 0 Å². The number of ether oxygens (including phenoxy) is 1. The van der Waals surface area contributed by atoms with Crippen LogP contribution in [0.3, 0.4) is 0 Å². The van der Waals surface area contributed by atoms with Crippen LogP contribution in [0.1, 0.15) is 10.4 Å². The highest BCUT2D eigenvalue weighted by atomic mass is 16.5. The van der Waals surface area contributed by atoms with Crippen LogP contribution in [0.25, 0.3) is 10.9 Å². The second-order valence-electron chi connectivity index (χ2n) is 2.74. The zero-order valence-electron chi connectivity index (χ0n) is 7.20. The number of benzene rings is 1. The summed E-state index contributed by atoms with van der Waals surface area (Å²) >= 11 is 0. The second-order valence-corrected chi connectivity index (χ2v) is 2.74. The number of methoxy groups -OCH3 is 1. The molecule has 0 unspecified atom stereocenters. The first-order valence-corrected chi connectivity index (χ1v) is 3.96. The van der Waals surface area contributed by atoms with Crippen LogP contribution in [0.4, 0.5) is 0 Å². The molecular formula is C10H9NO2. The molecule has 0 saturated heterocycles. The van der Waals surface area contributed by atoms with Crippen molar-refractivity contribution in [3.05, 3.63) is 30.0 Å². The topological polar surface area (TPSA) is 42.1 Å². The van der Waals surface area contributed by atoms with E-state index in [4.69, 9.17) is 4.74 Å². The van der Waals surface area contributed by atoms with Gasteiger partial charge in [-0.3, -0.25) is 4.79 Å². The van der Waals surface area contributed by atoms with Gasteiger partial charge in [0.1, 0.15) is 5.75 Å². The van der Waals surface area contributed by atoms with Crippen LogP contribution in [0, 0.1) is 0 Å². The van der Waals surface area contributed by atoms with E-state index in [-0.39, 0.29) is 0 Å². The Balaban J connectivity index is 2.81. The van der Waals surface area contributed by atoms with E-state index in [9.17, 15) is 4.79 Å². The molecule has 0 radical (unpaired) electrons.